The first kappa shape index (κ1) is 26.0. The van der Waals surface area contributed by atoms with Gasteiger partial charge in [-0.05, 0) is 31.0 Å². The molecule has 10 heteroatoms. The van der Waals surface area contributed by atoms with Crippen molar-refractivity contribution < 1.29 is 17.9 Å². The van der Waals surface area contributed by atoms with Gasteiger partial charge in [0.15, 0.2) is 5.16 Å². The first-order valence-electron chi connectivity index (χ1n) is 11.9. The van der Waals surface area contributed by atoms with Crippen molar-refractivity contribution >= 4 is 38.7 Å². The zero-order valence-electron chi connectivity index (χ0n) is 20.1. The molecule has 0 N–H and O–H groups in total. The zero-order valence-corrected chi connectivity index (χ0v) is 21.8. The van der Waals surface area contributed by atoms with Crippen LogP contribution in [0.3, 0.4) is 0 Å². The van der Waals surface area contributed by atoms with Crippen LogP contribution in [0.25, 0.3) is 11.0 Å². The van der Waals surface area contributed by atoms with Crippen LogP contribution in [0.15, 0.2) is 28.3 Å². The highest BCUT2D eigenvalue weighted by atomic mass is 32.2. The highest BCUT2D eigenvalue weighted by Gasteiger charge is 2.25. The van der Waals surface area contributed by atoms with E-state index >= 15 is 0 Å². The summed E-state index contributed by atoms with van der Waals surface area (Å²) >= 11 is 1.42. The quantitative estimate of drug-likeness (QED) is 0.442. The topological polar surface area (TPSA) is 84.7 Å². The van der Waals surface area contributed by atoms with E-state index in [0.717, 1.165) is 36.5 Å². The summed E-state index contributed by atoms with van der Waals surface area (Å²) in [7, 11) is -3.56. The van der Waals surface area contributed by atoms with E-state index in [0.29, 0.717) is 44.1 Å². The van der Waals surface area contributed by atoms with E-state index in [-0.39, 0.29) is 16.9 Å². The van der Waals surface area contributed by atoms with Crippen LogP contribution in [0.4, 0.5) is 0 Å². The maximum atomic E-state index is 13.0. The predicted octanol–water partition coefficient (Wildman–Crippen LogP) is 3.60. The van der Waals surface area contributed by atoms with Crippen LogP contribution in [0.2, 0.25) is 0 Å². The molecule has 8 nitrogen and oxygen atoms in total. The first-order valence-corrected chi connectivity index (χ1v) is 14.3. The molecule has 0 aliphatic carbocycles. The molecule has 1 aliphatic rings. The highest BCUT2D eigenvalue weighted by Crippen LogP contribution is 2.28. The summed E-state index contributed by atoms with van der Waals surface area (Å²) in [5.74, 6) is 0.386. The maximum absolute atomic E-state index is 13.0. The number of unbranched alkanes of at least 4 members (excludes halogenated alkanes) is 1. The van der Waals surface area contributed by atoms with Gasteiger partial charge in [0, 0.05) is 32.7 Å². The Morgan fingerprint density at radius 1 is 1.24 bits per heavy atom. The summed E-state index contributed by atoms with van der Waals surface area (Å²) in [5.41, 5.74) is 1.54. The molecular weight excluding hydrogens is 460 g/mol. The van der Waals surface area contributed by atoms with Crippen LogP contribution < -0.4 is 0 Å². The Morgan fingerprint density at radius 2 is 2.00 bits per heavy atom. The van der Waals surface area contributed by atoms with E-state index in [9.17, 15) is 13.2 Å². The molecule has 184 valence electrons. The molecule has 3 rings (SSSR count). The molecule has 2 heterocycles. The normalized spacial score (nSPS) is 17.2. The van der Waals surface area contributed by atoms with Crippen molar-refractivity contribution in [3.63, 3.8) is 0 Å². The Bertz CT molecular complexity index is 1050. The second-order valence-electron chi connectivity index (χ2n) is 8.17. The first-order chi connectivity index (χ1) is 15.8. The minimum atomic E-state index is -3.56. The molecule has 0 bridgehead atoms. The summed E-state index contributed by atoms with van der Waals surface area (Å²) in [6.45, 7) is 11.3. The molecule has 1 saturated heterocycles. The van der Waals surface area contributed by atoms with Crippen molar-refractivity contribution in [1.29, 1.82) is 0 Å². The SMILES string of the molecule is CCCCn1c(SCC(=O)N2CCOC(CC)C2)nc2cc(S(=O)(=O)N(CC)CC)ccc21. The summed E-state index contributed by atoms with van der Waals surface area (Å²) in [6.07, 6.45) is 3.01. The Kier molecular flexibility index (Phi) is 9.20. The molecule has 0 spiro atoms. The van der Waals surface area contributed by atoms with Gasteiger partial charge >= 0.3 is 0 Å². The molecule has 0 radical (unpaired) electrons. The molecule has 1 fully saturated rings. The predicted molar refractivity (Wildman–Crippen MR) is 132 cm³/mol. The van der Waals surface area contributed by atoms with Crippen molar-refractivity contribution in [1.82, 2.24) is 18.8 Å². The van der Waals surface area contributed by atoms with E-state index in [1.165, 1.54) is 16.1 Å². The number of aryl methyl sites for hydroxylation is 1. The maximum Gasteiger partial charge on any atom is 0.243 e. The average Bonchev–Trinajstić information content (AvgIpc) is 3.18. The molecule has 1 amide bonds. The molecule has 1 aromatic carbocycles. The molecule has 1 unspecified atom stereocenters. The van der Waals surface area contributed by atoms with Crippen molar-refractivity contribution in [2.75, 3.05) is 38.5 Å². The fourth-order valence-electron chi connectivity index (χ4n) is 4.01. The van der Waals surface area contributed by atoms with Crippen molar-refractivity contribution in [3.8, 4) is 0 Å². The van der Waals surface area contributed by atoms with E-state index in [1.807, 2.05) is 24.8 Å². The number of rotatable bonds is 11. The number of nitrogens with zero attached hydrogens (tertiary/aromatic N) is 4. The third-order valence-corrected chi connectivity index (χ3v) is 9.04. The van der Waals surface area contributed by atoms with Crippen molar-refractivity contribution in [3.05, 3.63) is 18.2 Å². The number of thioether (sulfide) groups is 1. The molecule has 1 aliphatic heterocycles. The Hall–Kier alpha value is -1.62. The van der Waals surface area contributed by atoms with Crippen molar-refractivity contribution in [2.45, 2.75) is 69.7 Å². The third kappa shape index (κ3) is 5.90. The Balaban J connectivity index is 1.85. The van der Waals surface area contributed by atoms with Crippen LogP contribution in [0.1, 0.15) is 47.0 Å². The molecule has 2 aromatic rings. The number of fused-ring (bicyclic) bond motifs is 1. The number of benzene rings is 1. The lowest BCUT2D eigenvalue weighted by molar-refractivity contribution is -0.135. The Morgan fingerprint density at radius 3 is 2.67 bits per heavy atom. The summed E-state index contributed by atoms with van der Waals surface area (Å²) in [5, 5.41) is 0.754. The smallest absolute Gasteiger partial charge is 0.243 e. The van der Waals surface area contributed by atoms with Gasteiger partial charge < -0.3 is 14.2 Å². The van der Waals surface area contributed by atoms with Crippen LogP contribution in [0.5, 0.6) is 0 Å². The lowest BCUT2D eigenvalue weighted by atomic mass is 10.2. The largest absolute Gasteiger partial charge is 0.375 e. The number of hydrogen-bond acceptors (Lipinski definition) is 6. The number of morpholine rings is 1. The minimum Gasteiger partial charge on any atom is -0.375 e. The molecule has 0 saturated carbocycles. The van der Waals surface area contributed by atoms with E-state index in [4.69, 9.17) is 9.72 Å². The second kappa shape index (κ2) is 11.7. The van der Waals surface area contributed by atoms with Gasteiger partial charge in [0.2, 0.25) is 15.9 Å². The van der Waals surface area contributed by atoms with Gasteiger partial charge in [-0.2, -0.15) is 4.31 Å². The number of amides is 1. The number of sulfonamides is 1. The van der Waals surface area contributed by atoms with Crippen LogP contribution in [0, 0.1) is 0 Å². The lowest BCUT2D eigenvalue weighted by Gasteiger charge is -2.32. The van der Waals surface area contributed by atoms with Gasteiger partial charge in [-0.25, -0.2) is 13.4 Å². The summed E-state index contributed by atoms with van der Waals surface area (Å²) < 4.78 is 35.2. The van der Waals surface area contributed by atoms with Crippen LogP contribution >= 0.6 is 11.8 Å². The third-order valence-electron chi connectivity index (χ3n) is 6.03. The number of carbonyl (C=O) groups excluding carboxylic acids is 1. The molecule has 1 atom stereocenters. The van der Waals surface area contributed by atoms with Gasteiger partial charge in [-0.3, -0.25) is 4.79 Å². The molecule has 1 aromatic heterocycles. The molecular formula is C23H36N4O4S2. The standard InChI is InChI=1S/C23H36N4O4S2/c1-5-9-12-27-21-11-10-19(33(29,30)26(7-3)8-4)15-20(21)24-23(27)32-17-22(28)25-13-14-31-18(6-2)16-25/h10-11,15,18H,5-9,12-14,16-17H2,1-4H3. The average molecular weight is 497 g/mol. The monoisotopic (exact) mass is 496 g/mol. The van der Waals surface area contributed by atoms with Gasteiger partial charge in [-0.15, -0.1) is 0 Å². The van der Waals surface area contributed by atoms with Crippen LogP contribution in [-0.2, 0) is 26.1 Å². The van der Waals surface area contributed by atoms with Gasteiger partial charge in [-0.1, -0.05) is 45.9 Å². The number of imidazole rings is 1. The fourth-order valence-corrected chi connectivity index (χ4v) is 6.44. The fraction of sp³-hybridized carbons (Fsp3) is 0.652. The number of hydrogen-bond donors (Lipinski definition) is 0. The number of ether oxygens (including phenoxy) is 1. The van der Waals surface area contributed by atoms with E-state index in [2.05, 4.69) is 18.4 Å². The Labute approximate surface area is 201 Å². The van der Waals surface area contributed by atoms with E-state index < -0.39 is 10.0 Å². The number of aromatic nitrogens is 2. The van der Waals surface area contributed by atoms with E-state index in [1.54, 1.807) is 12.1 Å². The van der Waals surface area contributed by atoms with Gasteiger partial charge in [0.1, 0.15) is 0 Å². The lowest BCUT2D eigenvalue weighted by Crippen LogP contribution is -2.46. The highest BCUT2D eigenvalue weighted by molar-refractivity contribution is 7.99. The second-order valence-corrected chi connectivity index (χ2v) is 11.0. The van der Waals surface area contributed by atoms with Crippen molar-refractivity contribution in [2.24, 2.45) is 0 Å². The van der Waals surface area contributed by atoms with Gasteiger partial charge in [0.25, 0.3) is 0 Å². The summed E-state index contributed by atoms with van der Waals surface area (Å²) in [6, 6.07) is 5.16. The number of carbonyl (C=O) groups is 1. The summed E-state index contributed by atoms with van der Waals surface area (Å²) in [4.78, 5) is 19.7. The minimum absolute atomic E-state index is 0.0839. The zero-order chi connectivity index (χ0) is 24.0. The van der Waals surface area contributed by atoms with Gasteiger partial charge in [0.05, 0.1) is 34.4 Å². The van der Waals surface area contributed by atoms with Crippen LogP contribution in [-0.4, -0.2) is 77.7 Å². The molecule has 33 heavy (non-hydrogen) atoms.